The van der Waals surface area contributed by atoms with Crippen LogP contribution in [0.15, 0.2) is 24.3 Å². The lowest BCUT2D eigenvalue weighted by Crippen LogP contribution is -2.38. The molecule has 3 nitrogen and oxygen atoms in total. The first-order chi connectivity index (χ1) is 10.0. The molecule has 1 fully saturated rings. The molecule has 0 aromatic heterocycles. The summed E-state index contributed by atoms with van der Waals surface area (Å²) in [5.41, 5.74) is 6.74. The van der Waals surface area contributed by atoms with Crippen LogP contribution < -0.4 is 5.73 Å². The zero-order valence-electron chi connectivity index (χ0n) is 13.1. The first kappa shape index (κ1) is 16.4. The second kappa shape index (κ2) is 7.34. The SMILES string of the molecule is CCC(N)C(OC1CC(C)OC(C)C1)c1ccccc1F. The molecule has 21 heavy (non-hydrogen) atoms. The Balaban J connectivity index is 2.15. The number of ether oxygens (including phenoxy) is 2. The summed E-state index contributed by atoms with van der Waals surface area (Å²) in [5.74, 6) is -0.250. The van der Waals surface area contributed by atoms with Gasteiger partial charge in [-0.1, -0.05) is 25.1 Å². The molecule has 1 aliphatic heterocycles. The third-order valence-electron chi connectivity index (χ3n) is 4.07. The van der Waals surface area contributed by atoms with Crippen molar-refractivity contribution in [2.75, 3.05) is 0 Å². The number of benzene rings is 1. The molecule has 118 valence electrons. The van der Waals surface area contributed by atoms with Crippen LogP contribution >= 0.6 is 0 Å². The molecule has 0 aliphatic carbocycles. The fraction of sp³-hybridized carbons (Fsp3) is 0.647. The van der Waals surface area contributed by atoms with Crippen LogP contribution in [0.25, 0.3) is 0 Å². The Morgan fingerprint density at radius 1 is 1.29 bits per heavy atom. The largest absolute Gasteiger partial charge is 0.375 e. The summed E-state index contributed by atoms with van der Waals surface area (Å²) >= 11 is 0. The lowest BCUT2D eigenvalue weighted by atomic mass is 9.98. The molecule has 1 aromatic carbocycles. The standard InChI is InChI=1S/C17H26FNO2/c1-4-16(19)17(14-7-5-6-8-15(14)18)21-13-9-11(2)20-12(3)10-13/h5-8,11-13,16-17H,4,9-10,19H2,1-3H3. The van der Waals surface area contributed by atoms with E-state index in [0.717, 1.165) is 19.3 Å². The second-order valence-electron chi connectivity index (χ2n) is 6.00. The van der Waals surface area contributed by atoms with Crippen molar-refractivity contribution in [3.05, 3.63) is 35.6 Å². The van der Waals surface area contributed by atoms with Crippen LogP contribution in [0.4, 0.5) is 4.39 Å². The van der Waals surface area contributed by atoms with Crippen molar-refractivity contribution in [1.29, 1.82) is 0 Å². The van der Waals surface area contributed by atoms with E-state index in [9.17, 15) is 4.39 Å². The predicted octanol–water partition coefficient (Wildman–Crippen LogP) is 3.58. The third-order valence-corrected chi connectivity index (χ3v) is 4.07. The van der Waals surface area contributed by atoms with Gasteiger partial charge in [-0.3, -0.25) is 0 Å². The molecule has 4 unspecified atom stereocenters. The first-order valence-electron chi connectivity index (χ1n) is 7.82. The molecule has 0 bridgehead atoms. The molecule has 1 aliphatic rings. The smallest absolute Gasteiger partial charge is 0.129 e. The van der Waals surface area contributed by atoms with Gasteiger partial charge in [-0.15, -0.1) is 0 Å². The minimum atomic E-state index is -0.404. The van der Waals surface area contributed by atoms with Crippen molar-refractivity contribution >= 4 is 0 Å². The van der Waals surface area contributed by atoms with E-state index in [4.69, 9.17) is 15.2 Å². The molecular weight excluding hydrogens is 269 g/mol. The third kappa shape index (κ3) is 4.25. The van der Waals surface area contributed by atoms with Crippen LogP contribution in [0.2, 0.25) is 0 Å². The highest BCUT2D eigenvalue weighted by molar-refractivity contribution is 5.21. The zero-order valence-corrected chi connectivity index (χ0v) is 13.1. The first-order valence-corrected chi connectivity index (χ1v) is 7.82. The van der Waals surface area contributed by atoms with Crippen LogP contribution in [0.3, 0.4) is 0 Å². The van der Waals surface area contributed by atoms with E-state index in [2.05, 4.69) is 0 Å². The molecule has 1 heterocycles. The average molecular weight is 295 g/mol. The lowest BCUT2D eigenvalue weighted by molar-refractivity contribution is -0.127. The Labute approximate surface area is 126 Å². The fourth-order valence-corrected chi connectivity index (χ4v) is 2.99. The quantitative estimate of drug-likeness (QED) is 0.903. The molecule has 2 N–H and O–H groups in total. The van der Waals surface area contributed by atoms with Gasteiger partial charge in [0.2, 0.25) is 0 Å². The summed E-state index contributed by atoms with van der Waals surface area (Å²) in [6.07, 6.45) is 2.38. The van der Waals surface area contributed by atoms with Gasteiger partial charge in [0.1, 0.15) is 11.9 Å². The van der Waals surface area contributed by atoms with E-state index in [1.54, 1.807) is 12.1 Å². The summed E-state index contributed by atoms with van der Waals surface area (Å²) in [6.45, 7) is 6.09. The minimum absolute atomic E-state index is 0.0611. The number of hydrogen-bond acceptors (Lipinski definition) is 3. The summed E-state index contributed by atoms with van der Waals surface area (Å²) in [7, 11) is 0. The van der Waals surface area contributed by atoms with E-state index in [1.165, 1.54) is 6.07 Å². The van der Waals surface area contributed by atoms with Crippen LogP contribution in [0.1, 0.15) is 51.7 Å². The molecule has 1 aromatic rings. The highest BCUT2D eigenvalue weighted by atomic mass is 19.1. The van der Waals surface area contributed by atoms with Gasteiger partial charge in [-0.05, 0) is 39.2 Å². The molecule has 0 saturated carbocycles. The summed E-state index contributed by atoms with van der Waals surface area (Å²) in [5, 5.41) is 0. The number of halogens is 1. The van der Waals surface area contributed by atoms with Crippen molar-refractivity contribution in [3.8, 4) is 0 Å². The Morgan fingerprint density at radius 2 is 1.90 bits per heavy atom. The summed E-state index contributed by atoms with van der Waals surface area (Å²) < 4.78 is 26.0. The lowest BCUT2D eigenvalue weighted by Gasteiger charge is -2.36. The van der Waals surface area contributed by atoms with Crippen molar-refractivity contribution in [1.82, 2.24) is 0 Å². The van der Waals surface area contributed by atoms with Gasteiger partial charge < -0.3 is 15.2 Å². The maximum atomic E-state index is 14.1. The van der Waals surface area contributed by atoms with E-state index in [0.29, 0.717) is 5.56 Å². The van der Waals surface area contributed by atoms with Crippen molar-refractivity contribution in [2.24, 2.45) is 5.73 Å². The predicted molar refractivity (Wildman–Crippen MR) is 81.5 cm³/mol. The van der Waals surface area contributed by atoms with Crippen molar-refractivity contribution in [3.63, 3.8) is 0 Å². The Hall–Kier alpha value is -0.970. The van der Waals surface area contributed by atoms with Crippen molar-refractivity contribution in [2.45, 2.75) is 70.5 Å². The van der Waals surface area contributed by atoms with Crippen molar-refractivity contribution < 1.29 is 13.9 Å². The zero-order chi connectivity index (χ0) is 15.4. The maximum Gasteiger partial charge on any atom is 0.129 e. The van der Waals surface area contributed by atoms with Crippen LogP contribution in [0.5, 0.6) is 0 Å². The Kier molecular flexibility index (Phi) is 5.73. The molecular formula is C17H26FNO2. The van der Waals surface area contributed by atoms with Gasteiger partial charge in [0.05, 0.1) is 18.3 Å². The van der Waals surface area contributed by atoms with E-state index in [1.807, 2.05) is 26.8 Å². The molecule has 0 radical (unpaired) electrons. The fourth-order valence-electron chi connectivity index (χ4n) is 2.99. The number of nitrogens with two attached hydrogens (primary N) is 1. The molecule has 2 rings (SSSR count). The summed E-state index contributed by atoms with van der Waals surface area (Å²) in [4.78, 5) is 0. The molecule has 4 atom stereocenters. The Bertz CT molecular complexity index is 444. The molecule has 4 heteroatoms. The van der Waals surface area contributed by atoms with Gasteiger partial charge in [0, 0.05) is 11.6 Å². The van der Waals surface area contributed by atoms with Crippen LogP contribution in [0, 0.1) is 5.82 Å². The highest BCUT2D eigenvalue weighted by Gasteiger charge is 2.30. The summed E-state index contributed by atoms with van der Waals surface area (Å²) in [6, 6.07) is 6.53. The van der Waals surface area contributed by atoms with Gasteiger partial charge in [-0.2, -0.15) is 0 Å². The van der Waals surface area contributed by atoms with Crippen LogP contribution in [-0.4, -0.2) is 24.4 Å². The minimum Gasteiger partial charge on any atom is -0.375 e. The highest BCUT2D eigenvalue weighted by Crippen LogP contribution is 2.31. The van der Waals surface area contributed by atoms with Crippen LogP contribution in [-0.2, 0) is 9.47 Å². The average Bonchev–Trinajstić information content (AvgIpc) is 2.44. The van der Waals surface area contributed by atoms with Gasteiger partial charge in [0.15, 0.2) is 0 Å². The van der Waals surface area contributed by atoms with Gasteiger partial charge in [-0.25, -0.2) is 4.39 Å². The van der Waals surface area contributed by atoms with E-state index >= 15 is 0 Å². The number of hydrogen-bond donors (Lipinski definition) is 1. The van der Waals surface area contributed by atoms with E-state index in [-0.39, 0.29) is 30.2 Å². The van der Waals surface area contributed by atoms with E-state index < -0.39 is 6.10 Å². The maximum absolute atomic E-state index is 14.1. The molecule has 0 amide bonds. The molecule has 0 spiro atoms. The topological polar surface area (TPSA) is 44.5 Å². The number of rotatable bonds is 5. The Morgan fingerprint density at radius 3 is 2.48 bits per heavy atom. The normalized spacial score (nSPS) is 29.1. The van der Waals surface area contributed by atoms with Gasteiger partial charge >= 0.3 is 0 Å². The molecule has 1 saturated heterocycles. The van der Waals surface area contributed by atoms with Gasteiger partial charge in [0.25, 0.3) is 0 Å². The second-order valence-corrected chi connectivity index (χ2v) is 6.00. The monoisotopic (exact) mass is 295 g/mol.